The number of rotatable bonds is 4. The lowest BCUT2D eigenvalue weighted by atomic mass is 10.3. The summed E-state index contributed by atoms with van der Waals surface area (Å²) >= 11 is 0. The lowest BCUT2D eigenvalue weighted by Crippen LogP contribution is -2.38. The zero-order chi connectivity index (χ0) is 14.8. The normalized spacial score (nSPS) is 20.2. The van der Waals surface area contributed by atoms with Crippen LogP contribution in [0.2, 0.25) is 0 Å². The number of hydrogen-bond donors (Lipinski definition) is 0. The Morgan fingerprint density at radius 3 is 2.73 bits per heavy atom. The van der Waals surface area contributed by atoms with Crippen molar-refractivity contribution in [2.75, 3.05) is 32.8 Å². The van der Waals surface area contributed by atoms with E-state index in [2.05, 4.69) is 24.6 Å². The highest BCUT2D eigenvalue weighted by atomic mass is 16.5. The van der Waals surface area contributed by atoms with Crippen LogP contribution in [0.1, 0.15) is 17.4 Å². The van der Waals surface area contributed by atoms with Crippen molar-refractivity contribution >= 4 is 0 Å². The van der Waals surface area contributed by atoms with Gasteiger partial charge >= 0.3 is 0 Å². The van der Waals surface area contributed by atoms with Gasteiger partial charge in [0.15, 0.2) is 0 Å². The van der Waals surface area contributed by atoms with E-state index in [1.165, 1.54) is 0 Å². The number of ether oxygens (including phenoxy) is 1. The molecule has 0 atom stereocenters. The van der Waals surface area contributed by atoms with Crippen molar-refractivity contribution in [3.05, 3.63) is 35.8 Å². The topological polar surface area (TPSA) is 59.6 Å². The molecule has 0 amide bonds. The van der Waals surface area contributed by atoms with Crippen molar-refractivity contribution in [3.8, 4) is 0 Å². The van der Waals surface area contributed by atoms with Crippen LogP contribution in [0.25, 0.3) is 0 Å². The molecule has 0 N–H and O–H groups in total. The van der Waals surface area contributed by atoms with Crippen molar-refractivity contribution in [1.82, 2.24) is 24.6 Å². The Morgan fingerprint density at radius 1 is 1.00 bits per heavy atom. The highest BCUT2D eigenvalue weighted by Gasteiger charge is 2.23. The van der Waals surface area contributed by atoms with Crippen LogP contribution in [0.3, 0.4) is 0 Å². The first kappa shape index (κ1) is 13.9. The van der Waals surface area contributed by atoms with Gasteiger partial charge in [-0.2, -0.15) is 0 Å². The molecular formula is C15H21N5O2. The molecule has 1 fully saturated rings. The van der Waals surface area contributed by atoms with E-state index in [-0.39, 0.29) is 0 Å². The van der Waals surface area contributed by atoms with Gasteiger partial charge in [0.05, 0.1) is 39.1 Å². The van der Waals surface area contributed by atoms with Crippen LogP contribution in [0.15, 0.2) is 22.8 Å². The Morgan fingerprint density at radius 2 is 1.91 bits per heavy atom. The molecule has 2 aromatic rings. The smallest absolute Gasteiger partial charge is 0.147 e. The largest absolute Gasteiger partial charge is 0.468 e. The third kappa shape index (κ3) is 2.92. The van der Waals surface area contributed by atoms with E-state index < -0.39 is 0 Å². The van der Waals surface area contributed by atoms with Gasteiger partial charge in [0, 0.05) is 26.2 Å². The van der Waals surface area contributed by atoms with Gasteiger partial charge in [-0.15, -0.1) is 10.2 Å². The van der Waals surface area contributed by atoms with Crippen LogP contribution in [-0.4, -0.2) is 57.4 Å². The van der Waals surface area contributed by atoms with Gasteiger partial charge < -0.3 is 13.7 Å². The molecule has 0 bridgehead atoms. The molecule has 0 spiro atoms. The van der Waals surface area contributed by atoms with Gasteiger partial charge in [-0.3, -0.25) is 9.80 Å². The maximum absolute atomic E-state index is 5.43. The molecule has 0 unspecified atom stereocenters. The highest BCUT2D eigenvalue weighted by molar-refractivity contribution is 5.02. The molecule has 0 aliphatic carbocycles. The number of nitrogens with zero attached hydrogens (tertiary/aromatic N) is 5. The number of furan rings is 1. The molecule has 7 nitrogen and oxygen atoms in total. The number of aromatic nitrogens is 3. The molecular weight excluding hydrogens is 282 g/mol. The summed E-state index contributed by atoms with van der Waals surface area (Å²) in [4.78, 5) is 4.73. The fraction of sp³-hybridized carbons (Fsp3) is 0.600. The van der Waals surface area contributed by atoms with E-state index in [1.807, 2.05) is 12.1 Å². The van der Waals surface area contributed by atoms with E-state index in [0.717, 1.165) is 76.4 Å². The molecule has 118 valence electrons. The number of hydrogen-bond acceptors (Lipinski definition) is 6. The van der Waals surface area contributed by atoms with Crippen LogP contribution < -0.4 is 0 Å². The molecule has 2 aromatic heterocycles. The van der Waals surface area contributed by atoms with Gasteiger partial charge in [0.25, 0.3) is 0 Å². The van der Waals surface area contributed by atoms with Crippen molar-refractivity contribution in [1.29, 1.82) is 0 Å². The quantitative estimate of drug-likeness (QED) is 0.829. The van der Waals surface area contributed by atoms with Crippen LogP contribution in [0.4, 0.5) is 0 Å². The highest BCUT2D eigenvalue weighted by Crippen LogP contribution is 2.16. The molecule has 2 aliphatic rings. The second kappa shape index (κ2) is 6.20. The zero-order valence-corrected chi connectivity index (χ0v) is 12.6. The predicted octanol–water partition coefficient (Wildman–Crippen LogP) is 0.719. The Balaban J connectivity index is 1.41. The molecule has 0 aromatic carbocycles. The molecule has 0 saturated carbocycles. The first-order valence-electron chi connectivity index (χ1n) is 7.84. The Kier molecular flexibility index (Phi) is 3.92. The molecule has 7 heteroatoms. The monoisotopic (exact) mass is 303 g/mol. The Hall–Kier alpha value is -1.70. The fourth-order valence-electron chi connectivity index (χ4n) is 3.10. The van der Waals surface area contributed by atoms with E-state index in [0.29, 0.717) is 0 Å². The number of fused-ring (bicyclic) bond motifs is 1. The average molecular weight is 303 g/mol. The van der Waals surface area contributed by atoms with Gasteiger partial charge in [-0.25, -0.2) is 0 Å². The molecule has 0 radical (unpaired) electrons. The third-order valence-electron chi connectivity index (χ3n) is 4.34. The van der Waals surface area contributed by atoms with Crippen molar-refractivity contribution in [2.24, 2.45) is 0 Å². The van der Waals surface area contributed by atoms with E-state index in [4.69, 9.17) is 9.15 Å². The Labute approximate surface area is 129 Å². The van der Waals surface area contributed by atoms with Crippen LogP contribution >= 0.6 is 0 Å². The lowest BCUT2D eigenvalue weighted by Gasteiger charge is -2.29. The minimum absolute atomic E-state index is 0.817. The third-order valence-corrected chi connectivity index (χ3v) is 4.34. The Bertz CT molecular complexity index is 603. The van der Waals surface area contributed by atoms with Gasteiger partial charge in [0.1, 0.15) is 17.4 Å². The summed E-state index contributed by atoms with van der Waals surface area (Å²) in [5, 5.41) is 8.79. The molecule has 2 aliphatic heterocycles. The predicted molar refractivity (Wildman–Crippen MR) is 78.9 cm³/mol. The minimum Gasteiger partial charge on any atom is -0.468 e. The van der Waals surface area contributed by atoms with E-state index in [1.54, 1.807) is 6.26 Å². The summed E-state index contributed by atoms with van der Waals surface area (Å²) in [5.74, 6) is 3.14. The van der Waals surface area contributed by atoms with Crippen molar-refractivity contribution < 1.29 is 9.15 Å². The molecule has 4 heterocycles. The summed E-state index contributed by atoms with van der Waals surface area (Å²) in [7, 11) is 0. The molecule has 22 heavy (non-hydrogen) atoms. The minimum atomic E-state index is 0.817. The maximum atomic E-state index is 5.43. The van der Waals surface area contributed by atoms with Gasteiger partial charge in [-0.1, -0.05) is 0 Å². The van der Waals surface area contributed by atoms with Crippen LogP contribution in [-0.2, 0) is 30.9 Å². The second-order valence-corrected chi connectivity index (χ2v) is 5.86. The first-order chi connectivity index (χ1) is 10.9. The lowest BCUT2D eigenvalue weighted by molar-refractivity contribution is 0.0322. The molecule has 1 saturated heterocycles. The van der Waals surface area contributed by atoms with E-state index in [9.17, 15) is 0 Å². The standard InChI is InChI=1S/C15H21N5O2/c1-2-13(22-7-1)10-19-3-4-20-14(16-17-15(20)12-19)11-18-5-8-21-9-6-18/h1-2,7H,3-6,8-12H2. The van der Waals surface area contributed by atoms with Crippen LogP contribution in [0.5, 0.6) is 0 Å². The maximum Gasteiger partial charge on any atom is 0.147 e. The summed E-state index contributed by atoms with van der Waals surface area (Å²) < 4.78 is 13.1. The first-order valence-corrected chi connectivity index (χ1v) is 7.84. The summed E-state index contributed by atoms with van der Waals surface area (Å²) in [6, 6.07) is 3.95. The SMILES string of the molecule is c1coc(CN2CCn3c(CN4CCOCC4)nnc3C2)c1. The van der Waals surface area contributed by atoms with Crippen molar-refractivity contribution in [2.45, 2.75) is 26.2 Å². The summed E-state index contributed by atoms with van der Waals surface area (Å²) in [5.41, 5.74) is 0. The number of morpholine rings is 1. The van der Waals surface area contributed by atoms with Crippen molar-refractivity contribution in [3.63, 3.8) is 0 Å². The second-order valence-electron chi connectivity index (χ2n) is 5.86. The van der Waals surface area contributed by atoms with Gasteiger partial charge in [0.2, 0.25) is 0 Å². The molecule has 4 rings (SSSR count). The van der Waals surface area contributed by atoms with Gasteiger partial charge in [-0.05, 0) is 12.1 Å². The average Bonchev–Trinajstić information content (AvgIpc) is 3.19. The van der Waals surface area contributed by atoms with E-state index >= 15 is 0 Å². The summed E-state index contributed by atoms with van der Waals surface area (Å²) in [6.45, 7) is 8.07. The fourth-order valence-corrected chi connectivity index (χ4v) is 3.10. The summed E-state index contributed by atoms with van der Waals surface area (Å²) in [6.07, 6.45) is 1.72. The zero-order valence-electron chi connectivity index (χ0n) is 12.6. The van der Waals surface area contributed by atoms with Crippen LogP contribution in [0, 0.1) is 0 Å².